The van der Waals surface area contributed by atoms with Crippen molar-refractivity contribution in [3.05, 3.63) is 60.4 Å². The van der Waals surface area contributed by atoms with E-state index in [9.17, 15) is 8.78 Å². The highest BCUT2D eigenvalue weighted by molar-refractivity contribution is 5.67. The minimum atomic E-state index is -0.680. The minimum Gasteiger partial charge on any atom is -0.351 e. The maximum absolute atomic E-state index is 13.9. The van der Waals surface area contributed by atoms with Crippen molar-refractivity contribution in [2.24, 2.45) is 0 Å². The molecule has 1 aromatic carbocycles. The fourth-order valence-electron chi connectivity index (χ4n) is 2.40. The van der Waals surface area contributed by atoms with E-state index in [-0.39, 0.29) is 5.69 Å². The molecular formula is C18H15F2N5. The largest absolute Gasteiger partial charge is 0.351 e. The first-order chi connectivity index (χ1) is 12.2. The second-order valence-electron chi connectivity index (χ2n) is 5.84. The number of hydrogen-bond donors (Lipinski definition) is 2. The average Bonchev–Trinajstić information content (AvgIpc) is 3.43. The van der Waals surface area contributed by atoms with E-state index < -0.39 is 11.6 Å². The normalized spacial score (nSPS) is 13.5. The van der Waals surface area contributed by atoms with Gasteiger partial charge in [-0.3, -0.25) is 4.98 Å². The molecule has 4 rings (SSSR count). The molecule has 1 aliphatic carbocycles. The lowest BCUT2D eigenvalue weighted by atomic mass is 10.2. The Bertz CT molecular complexity index is 877. The van der Waals surface area contributed by atoms with Gasteiger partial charge in [0.2, 0.25) is 5.95 Å². The molecule has 2 aromatic heterocycles. The third-order valence-corrected chi connectivity index (χ3v) is 3.83. The topological polar surface area (TPSA) is 62.7 Å². The van der Waals surface area contributed by atoms with Gasteiger partial charge in [0.15, 0.2) is 0 Å². The van der Waals surface area contributed by atoms with Gasteiger partial charge < -0.3 is 10.6 Å². The first kappa shape index (κ1) is 15.4. The lowest BCUT2D eigenvalue weighted by Gasteiger charge is -2.12. The Hall–Kier alpha value is -3.09. The van der Waals surface area contributed by atoms with E-state index in [2.05, 4.69) is 25.6 Å². The highest BCUT2D eigenvalue weighted by Crippen LogP contribution is 2.28. The van der Waals surface area contributed by atoms with E-state index >= 15 is 0 Å². The minimum absolute atomic E-state index is 0.237. The number of nitrogens with zero attached hydrogens (tertiary/aromatic N) is 3. The van der Waals surface area contributed by atoms with Gasteiger partial charge in [-0.05, 0) is 37.1 Å². The number of para-hydroxylation sites is 1. The molecular weight excluding hydrogens is 324 g/mol. The van der Waals surface area contributed by atoms with Crippen molar-refractivity contribution < 1.29 is 8.78 Å². The molecule has 1 saturated carbocycles. The summed E-state index contributed by atoms with van der Waals surface area (Å²) in [5.41, 5.74) is 1.24. The van der Waals surface area contributed by atoms with Crippen LogP contribution in [-0.2, 0) is 0 Å². The quantitative estimate of drug-likeness (QED) is 0.732. The van der Waals surface area contributed by atoms with E-state index in [1.807, 2.05) is 12.1 Å². The Morgan fingerprint density at radius 1 is 0.960 bits per heavy atom. The molecule has 3 aromatic rings. The number of anilines is 3. The Kier molecular flexibility index (Phi) is 3.97. The predicted octanol–water partition coefficient (Wildman–Crippen LogP) is 4.13. The number of nitrogens with one attached hydrogen (secondary N) is 2. The molecule has 0 saturated heterocycles. The Labute approximate surface area is 143 Å². The maximum Gasteiger partial charge on any atom is 0.225 e. The molecule has 0 radical (unpaired) electrons. The van der Waals surface area contributed by atoms with Crippen molar-refractivity contribution in [2.45, 2.75) is 18.9 Å². The first-order valence-corrected chi connectivity index (χ1v) is 7.96. The number of pyridine rings is 1. The van der Waals surface area contributed by atoms with Crippen molar-refractivity contribution in [3.63, 3.8) is 0 Å². The molecule has 5 nitrogen and oxygen atoms in total. The van der Waals surface area contributed by atoms with Gasteiger partial charge in [0, 0.05) is 30.1 Å². The molecule has 0 atom stereocenters. The fourth-order valence-corrected chi connectivity index (χ4v) is 2.40. The van der Waals surface area contributed by atoms with Gasteiger partial charge in [0.1, 0.15) is 23.1 Å². The Morgan fingerprint density at radius 2 is 1.68 bits per heavy atom. The molecule has 1 fully saturated rings. The van der Waals surface area contributed by atoms with Crippen molar-refractivity contribution in [2.75, 3.05) is 10.6 Å². The highest BCUT2D eigenvalue weighted by atomic mass is 19.1. The highest BCUT2D eigenvalue weighted by Gasteiger charge is 2.22. The zero-order valence-electron chi connectivity index (χ0n) is 13.2. The van der Waals surface area contributed by atoms with E-state index in [0.717, 1.165) is 18.4 Å². The molecule has 2 N–H and O–H groups in total. The summed E-state index contributed by atoms with van der Waals surface area (Å²) in [5, 5.41) is 5.94. The number of halogens is 2. The Morgan fingerprint density at radius 3 is 2.36 bits per heavy atom. The summed E-state index contributed by atoms with van der Waals surface area (Å²) in [5.74, 6) is -0.619. The summed E-state index contributed by atoms with van der Waals surface area (Å²) in [6.07, 6.45) is 5.45. The number of rotatable bonds is 5. The lowest BCUT2D eigenvalue weighted by Crippen LogP contribution is -2.08. The molecule has 7 heteroatoms. The molecule has 0 amide bonds. The van der Waals surface area contributed by atoms with Crippen LogP contribution in [0.25, 0.3) is 11.3 Å². The van der Waals surface area contributed by atoms with Crippen LogP contribution in [0.5, 0.6) is 0 Å². The molecule has 0 bridgehead atoms. The van der Waals surface area contributed by atoms with Crippen LogP contribution in [0.1, 0.15) is 12.8 Å². The van der Waals surface area contributed by atoms with Crippen LogP contribution in [0.15, 0.2) is 48.8 Å². The van der Waals surface area contributed by atoms with Gasteiger partial charge in [0.25, 0.3) is 0 Å². The summed E-state index contributed by atoms with van der Waals surface area (Å²) < 4.78 is 27.8. The van der Waals surface area contributed by atoms with Crippen LogP contribution in [0.4, 0.5) is 26.2 Å². The van der Waals surface area contributed by atoms with Crippen molar-refractivity contribution in [1.29, 1.82) is 0 Å². The molecule has 0 aliphatic heterocycles. The Balaban J connectivity index is 1.73. The van der Waals surface area contributed by atoms with Gasteiger partial charge in [-0.2, -0.15) is 4.98 Å². The van der Waals surface area contributed by atoms with Crippen LogP contribution in [0.3, 0.4) is 0 Å². The summed E-state index contributed by atoms with van der Waals surface area (Å²) in [6, 6.07) is 9.34. The van der Waals surface area contributed by atoms with Crippen molar-refractivity contribution in [3.8, 4) is 11.3 Å². The SMILES string of the molecule is Fc1cccc(F)c1Nc1cc(-c2ccncc2)nc(NC2CC2)n1. The van der Waals surface area contributed by atoms with E-state index in [4.69, 9.17) is 0 Å². The van der Waals surface area contributed by atoms with Crippen LogP contribution >= 0.6 is 0 Å². The summed E-state index contributed by atoms with van der Waals surface area (Å²) in [7, 11) is 0. The number of aromatic nitrogens is 3. The number of hydrogen-bond acceptors (Lipinski definition) is 5. The van der Waals surface area contributed by atoms with Crippen LogP contribution in [-0.4, -0.2) is 21.0 Å². The zero-order chi connectivity index (χ0) is 17.2. The summed E-state index contributed by atoms with van der Waals surface area (Å²) in [6.45, 7) is 0. The number of benzene rings is 1. The third-order valence-electron chi connectivity index (χ3n) is 3.83. The smallest absolute Gasteiger partial charge is 0.225 e. The van der Waals surface area contributed by atoms with Gasteiger partial charge in [-0.15, -0.1) is 0 Å². The second kappa shape index (κ2) is 6.43. The molecule has 126 valence electrons. The molecule has 0 spiro atoms. The van der Waals surface area contributed by atoms with E-state index in [1.54, 1.807) is 18.5 Å². The van der Waals surface area contributed by atoms with Gasteiger partial charge in [-0.1, -0.05) is 6.07 Å². The molecule has 0 unspecified atom stereocenters. The van der Waals surface area contributed by atoms with Gasteiger partial charge >= 0.3 is 0 Å². The van der Waals surface area contributed by atoms with E-state index in [0.29, 0.717) is 23.5 Å². The van der Waals surface area contributed by atoms with Crippen LogP contribution in [0, 0.1) is 11.6 Å². The standard InChI is InChI=1S/C18H15F2N5/c19-13-2-1-3-14(20)17(13)24-16-10-15(11-6-8-21-9-7-11)23-18(25-16)22-12-4-5-12/h1-3,6-10,12H,4-5H2,(H2,22,23,24,25). The molecule has 2 heterocycles. The maximum atomic E-state index is 13.9. The molecule has 25 heavy (non-hydrogen) atoms. The lowest BCUT2D eigenvalue weighted by molar-refractivity contribution is 0.590. The first-order valence-electron chi connectivity index (χ1n) is 7.96. The van der Waals surface area contributed by atoms with E-state index in [1.165, 1.54) is 18.2 Å². The summed E-state index contributed by atoms with van der Waals surface area (Å²) in [4.78, 5) is 12.8. The van der Waals surface area contributed by atoms with Crippen molar-refractivity contribution in [1.82, 2.24) is 15.0 Å². The average molecular weight is 339 g/mol. The van der Waals surface area contributed by atoms with Crippen LogP contribution in [0.2, 0.25) is 0 Å². The molecule has 1 aliphatic rings. The van der Waals surface area contributed by atoms with Gasteiger partial charge in [-0.25, -0.2) is 13.8 Å². The van der Waals surface area contributed by atoms with Crippen molar-refractivity contribution >= 4 is 17.5 Å². The third kappa shape index (κ3) is 3.55. The predicted molar refractivity (Wildman–Crippen MR) is 91.5 cm³/mol. The fraction of sp³-hybridized carbons (Fsp3) is 0.167. The zero-order valence-corrected chi connectivity index (χ0v) is 13.2. The summed E-state index contributed by atoms with van der Waals surface area (Å²) >= 11 is 0. The monoisotopic (exact) mass is 339 g/mol. The second-order valence-corrected chi connectivity index (χ2v) is 5.84. The van der Waals surface area contributed by atoms with Crippen LogP contribution < -0.4 is 10.6 Å². The van der Waals surface area contributed by atoms with Gasteiger partial charge in [0.05, 0.1) is 5.69 Å².